The molecule has 1 unspecified atom stereocenters. The van der Waals surface area contributed by atoms with Crippen molar-refractivity contribution in [3.05, 3.63) is 52.8 Å². The quantitative estimate of drug-likeness (QED) is 0.546. The molecule has 0 aromatic heterocycles. The molecular weight excluding hydrogens is 463 g/mol. The molecule has 1 atom stereocenters. The van der Waals surface area contributed by atoms with E-state index in [0.717, 1.165) is 6.26 Å². The van der Waals surface area contributed by atoms with Crippen LogP contribution < -0.4 is 10.1 Å². The second kappa shape index (κ2) is 10.2. The van der Waals surface area contributed by atoms with Crippen LogP contribution in [0.2, 0.25) is 0 Å². The molecule has 0 fully saturated rings. The maximum Gasteiger partial charge on any atom is 0.241 e. The van der Waals surface area contributed by atoms with Gasteiger partial charge in [-0.2, -0.15) is 0 Å². The number of amides is 1. The Morgan fingerprint density at radius 1 is 1.28 bits per heavy atom. The summed E-state index contributed by atoms with van der Waals surface area (Å²) in [4.78, 5) is 14.4. The molecule has 2 aromatic rings. The molecule has 6 nitrogen and oxygen atoms in total. The molecule has 2 rings (SSSR count). The number of nitrogens with zero attached hydrogens (tertiary/aromatic N) is 1. The van der Waals surface area contributed by atoms with Gasteiger partial charge in [-0.1, -0.05) is 22.0 Å². The molecule has 0 spiro atoms. The van der Waals surface area contributed by atoms with Gasteiger partial charge >= 0.3 is 0 Å². The van der Waals surface area contributed by atoms with Crippen molar-refractivity contribution >= 4 is 37.4 Å². The van der Waals surface area contributed by atoms with Crippen molar-refractivity contribution in [2.45, 2.75) is 24.3 Å². The molecule has 0 saturated carbocycles. The standard InChI is InChI=1S/C20H24BrFN2O4S/c1-14(20(25)23-19-9-8-15(21)12-18(19)22)24(2)10-5-11-28-16-6-4-7-17(13-16)29(3,26)27/h4,6-9,12-14H,5,10-11H2,1-3H3,(H,23,25). The summed E-state index contributed by atoms with van der Waals surface area (Å²) in [6.07, 6.45) is 1.78. The molecule has 0 radical (unpaired) electrons. The van der Waals surface area contributed by atoms with Crippen molar-refractivity contribution in [3.8, 4) is 5.75 Å². The van der Waals surface area contributed by atoms with E-state index in [1.807, 2.05) is 4.90 Å². The van der Waals surface area contributed by atoms with Gasteiger partial charge in [0.2, 0.25) is 5.91 Å². The largest absolute Gasteiger partial charge is 0.494 e. The minimum absolute atomic E-state index is 0.132. The first-order chi connectivity index (χ1) is 13.6. The van der Waals surface area contributed by atoms with Crippen molar-refractivity contribution in [3.63, 3.8) is 0 Å². The van der Waals surface area contributed by atoms with Crippen LogP contribution in [0, 0.1) is 5.82 Å². The van der Waals surface area contributed by atoms with E-state index in [0.29, 0.717) is 29.8 Å². The highest BCUT2D eigenvalue weighted by molar-refractivity contribution is 9.10. The second-order valence-corrected chi connectivity index (χ2v) is 9.65. The van der Waals surface area contributed by atoms with Crippen LogP contribution in [-0.4, -0.2) is 51.7 Å². The molecule has 0 saturated heterocycles. The Balaban J connectivity index is 1.81. The first-order valence-corrected chi connectivity index (χ1v) is 11.7. The number of rotatable bonds is 9. The Morgan fingerprint density at radius 3 is 2.66 bits per heavy atom. The molecule has 158 valence electrons. The summed E-state index contributed by atoms with van der Waals surface area (Å²) in [5.74, 6) is -0.338. The Bertz CT molecular complexity index is 969. The average Bonchev–Trinajstić information content (AvgIpc) is 2.66. The predicted molar refractivity (Wildman–Crippen MR) is 114 cm³/mol. The number of sulfone groups is 1. The maximum absolute atomic E-state index is 13.9. The lowest BCUT2D eigenvalue weighted by atomic mass is 10.2. The third-order valence-electron chi connectivity index (χ3n) is 4.39. The van der Waals surface area contributed by atoms with E-state index in [2.05, 4.69) is 21.2 Å². The smallest absolute Gasteiger partial charge is 0.241 e. The minimum Gasteiger partial charge on any atom is -0.494 e. The molecule has 1 N–H and O–H groups in total. The molecule has 1 amide bonds. The minimum atomic E-state index is -3.28. The zero-order valence-corrected chi connectivity index (χ0v) is 18.9. The predicted octanol–water partition coefficient (Wildman–Crippen LogP) is 3.72. The van der Waals surface area contributed by atoms with Gasteiger partial charge in [-0.3, -0.25) is 9.69 Å². The first-order valence-electron chi connectivity index (χ1n) is 8.97. The molecule has 0 bridgehead atoms. The monoisotopic (exact) mass is 486 g/mol. The third-order valence-corrected chi connectivity index (χ3v) is 5.99. The van der Waals surface area contributed by atoms with E-state index in [9.17, 15) is 17.6 Å². The summed E-state index contributed by atoms with van der Waals surface area (Å²) in [7, 11) is -1.49. The maximum atomic E-state index is 13.9. The van der Waals surface area contributed by atoms with Gasteiger partial charge in [0.1, 0.15) is 11.6 Å². The van der Waals surface area contributed by atoms with E-state index >= 15 is 0 Å². The Labute approximate surface area is 179 Å². The van der Waals surface area contributed by atoms with Crippen LogP contribution in [0.1, 0.15) is 13.3 Å². The molecule has 29 heavy (non-hydrogen) atoms. The third kappa shape index (κ3) is 7.09. The van der Waals surface area contributed by atoms with Gasteiger partial charge in [0.15, 0.2) is 9.84 Å². The van der Waals surface area contributed by atoms with Crippen molar-refractivity contribution in [2.24, 2.45) is 0 Å². The van der Waals surface area contributed by atoms with Crippen LogP contribution >= 0.6 is 15.9 Å². The lowest BCUT2D eigenvalue weighted by Gasteiger charge is -2.24. The van der Waals surface area contributed by atoms with Gasteiger partial charge in [-0.15, -0.1) is 0 Å². The van der Waals surface area contributed by atoms with Crippen LogP contribution in [0.5, 0.6) is 5.75 Å². The number of carbonyl (C=O) groups excluding carboxylic acids is 1. The van der Waals surface area contributed by atoms with Crippen molar-refractivity contribution in [1.29, 1.82) is 0 Å². The molecule has 0 heterocycles. The Hall–Kier alpha value is -1.97. The van der Waals surface area contributed by atoms with Crippen molar-refractivity contribution in [2.75, 3.05) is 31.8 Å². The molecule has 2 aromatic carbocycles. The van der Waals surface area contributed by atoms with Crippen molar-refractivity contribution in [1.82, 2.24) is 4.90 Å². The highest BCUT2D eigenvalue weighted by Gasteiger charge is 2.19. The van der Waals surface area contributed by atoms with E-state index in [-0.39, 0.29) is 16.5 Å². The molecule has 0 aliphatic rings. The average molecular weight is 487 g/mol. The summed E-state index contributed by atoms with van der Waals surface area (Å²) in [5.41, 5.74) is 0.132. The Kier molecular flexibility index (Phi) is 8.18. The zero-order valence-electron chi connectivity index (χ0n) is 16.5. The number of ether oxygens (including phenoxy) is 1. The number of hydrogen-bond donors (Lipinski definition) is 1. The van der Waals surface area contributed by atoms with Crippen LogP contribution in [0.15, 0.2) is 51.8 Å². The number of carbonyl (C=O) groups is 1. The fraction of sp³-hybridized carbons (Fsp3) is 0.350. The van der Waals surface area contributed by atoms with Crippen LogP contribution in [-0.2, 0) is 14.6 Å². The lowest BCUT2D eigenvalue weighted by molar-refractivity contribution is -0.120. The normalized spacial score (nSPS) is 12.6. The number of anilines is 1. The highest BCUT2D eigenvalue weighted by atomic mass is 79.9. The first kappa shape index (κ1) is 23.3. The van der Waals surface area contributed by atoms with Crippen LogP contribution in [0.25, 0.3) is 0 Å². The van der Waals surface area contributed by atoms with E-state index in [1.165, 1.54) is 24.3 Å². The molecule has 9 heteroatoms. The number of halogens is 2. The molecule has 0 aliphatic carbocycles. The van der Waals surface area contributed by atoms with Gasteiger partial charge in [0.05, 0.1) is 23.2 Å². The SMILES string of the molecule is CC(C(=O)Nc1ccc(Br)cc1F)N(C)CCCOc1cccc(S(C)(=O)=O)c1. The molecular formula is C20H24BrFN2O4S. The Morgan fingerprint density at radius 2 is 2.00 bits per heavy atom. The van der Waals surface area contributed by atoms with E-state index < -0.39 is 21.7 Å². The van der Waals surface area contributed by atoms with Crippen LogP contribution in [0.4, 0.5) is 10.1 Å². The van der Waals surface area contributed by atoms with E-state index in [4.69, 9.17) is 4.74 Å². The number of nitrogens with one attached hydrogen (secondary N) is 1. The number of benzene rings is 2. The van der Waals surface area contributed by atoms with Gasteiger partial charge in [-0.05, 0) is 56.8 Å². The topological polar surface area (TPSA) is 75.7 Å². The summed E-state index contributed by atoms with van der Waals surface area (Å²) in [6.45, 7) is 2.68. The second-order valence-electron chi connectivity index (χ2n) is 6.72. The summed E-state index contributed by atoms with van der Waals surface area (Å²) in [6, 6.07) is 10.3. The van der Waals surface area contributed by atoms with Gasteiger partial charge in [-0.25, -0.2) is 12.8 Å². The van der Waals surface area contributed by atoms with Crippen LogP contribution in [0.3, 0.4) is 0 Å². The zero-order chi connectivity index (χ0) is 21.6. The lowest BCUT2D eigenvalue weighted by Crippen LogP contribution is -2.40. The number of hydrogen-bond acceptors (Lipinski definition) is 5. The highest BCUT2D eigenvalue weighted by Crippen LogP contribution is 2.20. The van der Waals surface area contributed by atoms with Crippen molar-refractivity contribution < 1.29 is 22.3 Å². The molecule has 0 aliphatic heterocycles. The van der Waals surface area contributed by atoms with Gasteiger partial charge in [0, 0.05) is 17.3 Å². The van der Waals surface area contributed by atoms with Gasteiger partial charge < -0.3 is 10.1 Å². The fourth-order valence-corrected chi connectivity index (χ4v) is 3.51. The number of likely N-dealkylation sites (N-methyl/N-ethyl adjacent to an activating group) is 1. The van der Waals surface area contributed by atoms with E-state index in [1.54, 1.807) is 32.2 Å². The summed E-state index contributed by atoms with van der Waals surface area (Å²) < 4.78 is 43.3. The summed E-state index contributed by atoms with van der Waals surface area (Å²) >= 11 is 3.18. The summed E-state index contributed by atoms with van der Waals surface area (Å²) in [5, 5.41) is 2.59. The van der Waals surface area contributed by atoms with Gasteiger partial charge in [0.25, 0.3) is 0 Å². The fourth-order valence-electron chi connectivity index (χ4n) is 2.52.